The minimum absolute atomic E-state index is 0.209. The summed E-state index contributed by atoms with van der Waals surface area (Å²) in [5.41, 5.74) is 1.86. The van der Waals surface area contributed by atoms with Crippen LogP contribution in [-0.2, 0) is 9.59 Å². The number of anilines is 2. The first-order valence-corrected chi connectivity index (χ1v) is 12.8. The number of hydrogen-bond acceptors (Lipinski definition) is 6. The summed E-state index contributed by atoms with van der Waals surface area (Å²) in [5.74, 6) is -0.238. The quantitative estimate of drug-likeness (QED) is 0.243. The van der Waals surface area contributed by atoms with Crippen molar-refractivity contribution in [1.29, 1.82) is 0 Å². The molecular formula is C26H20BrFN2O4S2. The summed E-state index contributed by atoms with van der Waals surface area (Å²) >= 11 is 10.2. The molecule has 184 valence electrons. The Morgan fingerprint density at radius 3 is 2.50 bits per heavy atom. The van der Waals surface area contributed by atoms with Gasteiger partial charge in [0.2, 0.25) is 0 Å². The molecule has 0 atom stereocenters. The van der Waals surface area contributed by atoms with E-state index in [9.17, 15) is 14.0 Å². The zero-order valence-electron chi connectivity index (χ0n) is 19.0. The van der Waals surface area contributed by atoms with Crippen molar-refractivity contribution in [2.24, 2.45) is 0 Å². The highest BCUT2D eigenvalue weighted by Gasteiger charge is 2.33. The number of ether oxygens (including phenoxy) is 2. The lowest BCUT2D eigenvalue weighted by molar-refractivity contribution is -0.118. The Morgan fingerprint density at radius 2 is 1.81 bits per heavy atom. The lowest BCUT2D eigenvalue weighted by atomic mass is 10.1. The molecule has 0 unspecified atom stereocenters. The monoisotopic (exact) mass is 586 g/mol. The summed E-state index contributed by atoms with van der Waals surface area (Å²) in [6.45, 7) is 1.92. The third kappa shape index (κ3) is 6.13. The summed E-state index contributed by atoms with van der Waals surface area (Å²) in [5, 5.41) is 2.64. The van der Waals surface area contributed by atoms with Gasteiger partial charge in [-0.3, -0.25) is 14.5 Å². The molecule has 1 saturated heterocycles. The Bertz CT molecular complexity index is 1330. The van der Waals surface area contributed by atoms with Gasteiger partial charge in [-0.25, -0.2) is 4.39 Å². The van der Waals surface area contributed by atoms with Gasteiger partial charge >= 0.3 is 0 Å². The van der Waals surface area contributed by atoms with Gasteiger partial charge in [0.25, 0.3) is 11.8 Å². The van der Waals surface area contributed by atoms with E-state index in [0.29, 0.717) is 48.7 Å². The average molecular weight is 587 g/mol. The van der Waals surface area contributed by atoms with Gasteiger partial charge in [0.05, 0.1) is 17.2 Å². The van der Waals surface area contributed by atoms with Crippen LogP contribution in [0.15, 0.2) is 76.1 Å². The van der Waals surface area contributed by atoms with Crippen LogP contribution in [0.25, 0.3) is 6.08 Å². The number of para-hydroxylation sites is 1. The Hall–Kier alpha value is -3.21. The van der Waals surface area contributed by atoms with Gasteiger partial charge < -0.3 is 14.8 Å². The summed E-state index contributed by atoms with van der Waals surface area (Å²) in [6, 6.07) is 18.1. The normalized spacial score (nSPS) is 14.3. The number of thiocarbonyl (C=S) groups is 1. The highest BCUT2D eigenvalue weighted by Crippen LogP contribution is 2.39. The van der Waals surface area contributed by atoms with Crippen LogP contribution in [-0.4, -0.2) is 29.3 Å². The van der Waals surface area contributed by atoms with E-state index in [4.69, 9.17) is 21.7 Å². The Balaban J connectivity index is 1.51. The first-order chi connectivity index (χ1) is 17.4. The largest absolute Gasteiger partial charge is 0.490 e. The molecule has 0 aliphatic carbocycles. The maximum Gasteiger partial charge on any atom is 0.270 e. The molecule has 0 radical (unpaired) electrons. The van der Waals surface area contributed by atoms with Crippen molar-refractivity contribution < 1.29 is 23.5 Å². The van der Waals surface area contributed by atoms with Gasteiger partial charge in [-0.15, -0.1) is 0 Å². The second-order valence-corrected chi connectivity index (χ2v) is 9.98. The standard InChI is InChI=1S/C26H20BrFN2O4S2/c1-2-33-21-12-16(13-23-25(32)30(26(35)36-23)19-6-4-3-5-7-19)20(27)14-22(21)34-15-24(31)29-18-10-8-17(28)9-11-18/h3-14H,2,15H2,1H3,(H,29,31)/b23-13+. The smallest absolute Gasteiger partial charge is 0.270 e. The van der Waals surface area contributed by atoms with E-state index < -0.39 is 11.7 Å². The Labute approximate surface area is 225 Å². The minimum Gasteiger partial charge on any atom is -0.490 e. The molecule has 1 heterocycles. The van der Waals surface area contributed by atoms with Crippen molar-refractivity contribution >= 4 is 73.5 Å². The third-order valence-corrected chi connectivity index (χ3v) is 6.93. The topological polar surface area (TPSA) is 67.9 Å². The maximum atomic E-state index is 13.1. The predicted octanol–water partition coefficient (Wildman–Crippen LogP) is 6.41. The summed E-state index contributed by atoms with van der Waals surface area (Å²) in [7, 11) is 0. The second-order valence-electron chi connectivity index (χ2n) is 7.45. The molecule has 0 saturated carbocycles. The number of thioether (sulfide) groups is 1. The Kier molecular flexibility index (Phi) is 8.40. The Morgan fingerprint density at radius 1 is 1.11 bits per heavy atom. The van der Waals surface area contributed by atoms with Crippen molar-refractivity contribution in [3.05, 3.63) is 87.5 Å². The number of benzene rings is 3. The molecule has 0 bridgehead atoms. The molecule has 1 fully saturated rings. The lowest BCUT2D eigenvalue weighted by Crippen LogP contribution is -2.27. The first kappa shape index (κ1) is 25.9. The van der Waals surface area contributed by atoms with Crippen molar-refractivity contribution in [1.82, 2.24) is 0 Å². The summed E-state index contributed by atoms with van der Waals surface area (Å²) < 4.78 is 25.6. The molecule has 36 heavy (non-hydrogen) atoms. The zero-order valence-corrected chi connectivity index (χ0v) is 22.2. The summed E-state index contributed by atoms with van der Waals surface area (Å²) in [4.78, 5) is 27.3. The van der Waals surface area contributed by atoms with Crippen LogP contribution in [0.4, 0.5) is 15.8 Å². The minimum atomic E-state index is -0.408. The lowest BCUT2D eigenvalue weighted by Gasteiger charge is -2.15. The molecule has 1 N–H and O–H groups in total. The number of carbonyl (C=O) groups is 2. The number of hydrogen-bond donors (Lipinski definition) is 1. The fourth-order valence-electron chi connectivity index (χ4n) is 3.32. The van der Waals surface area contributed by atoms with Crippen LogP contribution in [0.3, 0.4) is 0 Å². The van der Waals surface area contributed by atoms with Gasteiger partial charge in [-0.1, -0.05) is 58.1 Å². The van der Waals surface area contributed by atoms with Gasteiger partial charge in [0.1, 0.15) is 5.82 Å². The highest BCUT2D eigenvalue weighted by atomic mass is 79.9. The fourth-order valence-corrected chi connectivity index (χ4v) is 5.05. The van der Waals surface area contributed by atoms with Gasteiger partial charge in [-0.05, 0) is 67.1 Å². The number of halogens is 2. The van der Waals surface area contributed by atoms with Crippen LogP contribution >= 0.6 is 39.9 Å². The van der Waals surface area contributed by atoms with Crippen molar-refractivity contribution in [3.8, 4) is 11.5 Å². The molecule has 4 rings (SSSR count). The average Bonchev–Trinajstić information content (AvgIpc) is 3.14. The third-order valence-electron chi connectivity index (χ3n) is 4.94. The van der Waals surface area contributed by atoms with Gasteiger partial charge in [0, 0.05) is 10.2 Å². The molecule has 6 nitrogen and oxygen atoms in total. The molecule has 0 spiro atoms. The highest BCUT2D eigenvalue weighted by molar-refractivity contribution is 9.10. The van der Waals surface area contributed by atoms with E-state index in [0.717, 1.165) is 0 Å². The van der Waals surface area contributed by atoms with Crippen molar-refractivity contribution in [3.63, 3.8) is 0 Å². The van der Waals surface area contributed by atoms with Crippen molar-refractivity contribution in [2.75, 3.05) is 23.4 Å². The molecule has 0 aromatic heterocycles. The van der Waals surface area contributed by atoms with E-state index in [1.807, 2.05) is 37.3 Å². The summed E-state index contributed by atoms with van der Waals surface area (Å²) in [6.07, 6.45) is 1.74. The molecule has 2 amide bonds. The number of carbonyl (C=O) groups excluding carboxylic acids is 2. The fraction of sp³-hybridized carbons (Fsp3) is 0.115. The number of amides is 2. The maximum absolute atomic E-state index is 13.1. The van der Waals surface area contributed by atoms with Gasteiger partial charge in [0.15, 0.2) is 22.4 Å². The van der Waals surface area contributed by atoms with Crippen LogP contribution in [0.1, 0.15) is 12.5 Å². The van der Waals surface area contributed by atoms with Crippen molar-refractivity contribution in [2.45, 2.75) is 6.92 Å². The van der Waals surface area contributed by atoms with Crippen LogP contribution in [0.5, 0.6) is 11.5 Å². The zero-order chi connectivity index (χ0) is 25.7. The molecule has 3 aromatic carbocycles. The second kappa shape index (κ2) is 11.7. The molecule has 1 aliphatic heterocycles. The van der Waals surface area contributed by atoms with E-state index in [-0.39, 0.29) is 12.5 Å². The van der Waals surface area contributed by atoms with Crippen LogP contribution in [0, 0.1) is 5.82 Å². The van der Waals surface area contributed by atoms with E-state index >= 15 is 0 Å². The van der Waals surface area contributed by atoms with E-state index in [2.05, 4.69) is 21.2 Å². The first-order valence-electron chi connectivity index (χ1n) is 10.8. The predicted molar refractivity (Wildman–Crippen MR) is 148 cm³/mol. The van der Waals surface area contributed by atoms with Crippen LogP contribution in [0.2, 0.25) is 0 Å². The molecule has 3 aromatic rings. The number of nitrogens with zero attached hydrogens (tertiary/aromatic N) is 1. The number of rotatable bonds is 8. The van der Waals surface area contributed by atoms with Crippen LogP contribution < -0.4 is 19.7 Å². The van der Waals surface area contributed by atoms with E-state index in [1.165, 1.54) is 40.9 Å². The number of nitrogens with one attached hydrogen (secondary N) is 1. The molecule has 10 heteroatoms. The molecule has 1 aliphatic rings. The SMILES string of the molecule is CCOc1cc(/C=C2/SC(=S)N(c3ccccc3)C2=O)c(Br)cc1OCC(=O)Nc1ccc(F)cc1. The van der Waals surface area contributed by atoms with E-state index in [1.54, 1.807) is 18.2 Å². The molecular weight excluding hydrogens is 567 g/mol. The van der Waals surface area contributed by atoms with Gasteiger partial charge in [-0.2, -0.15) is 0 Å².